The zero-order valence-corrected chi connectivity index (χ0v) is 16.9. The maximum absolute atomic E-state index is 13.2. The largest absolute Gasteiger partial charge is 0.478 e. The van der Waals surface area contributed by atoms with Gasteiger partial charge in [0.2, 0.25) is 0 Å². The summed E-state index contributed by atoms with van der Waals surface area (Å²) in [5, 5.41) is 0.640. The number of para-hydroxylation sites is 2. The molecular weight excluding hydrogens is 374 g/mol. The summed E-state index contributed by atoms with van der Waals surface area (Å²) in [6.45, 7) is 5.01. The summed E-state index contributed by atoms with van der Waals surface area (Å²) < 4.78 is 5.99. The molecule has 0 saturated carbocycles. The van der Waals surface area contributed by atoms with Crippen LogP contribution in [0.25, 0.3) is 11.0 Å². The molecule has 2 aromatic carbocycles. The van der Waals surface area contributed by atoms with E-state index in [0.717, 1.165) is 36.2 Å². The van der Waals surface area contributed by atoms with E-state index in [-0.39, 0.29) is 11.8 Å². The minimum absolute atomic E-state index is 0.0109. The van der Waals surface area contributed by atoms with Crippen LogP contribution in [0.5, 0.6) is 5.75 Å². The van der Waals surface area contributed by atoms with Crippen molar-refractivity contribution < 1.29 is 9.53 Å². The molecule has 6 heteroatoms. The molecule has 1 saturated heterocycles. The number of aromatic nitrogens is 2. The van der Waals surface area contributed by atoms with Crippen LogP contribution in [0.1, 0.15) is 38.4 Å². The van der Waals surface area contributed by atoms with E-state index in [1.54, 1.807) is 24.3 Å². The van der Waals surface area contributed by atoms with Crippen molar-refractivity contribution in [2.45, 2.75) is 38.2 Å². The molecule has 0 spiro atoms. The lowest BCUT2D eigenvalue weighted by Gasteiger charge is -2.37. The van der Waals surface area contributed by atoms with Gasteiger partial charge in [-0.15, -0.1) is 0 Å². The van der Waals surface area contributed by atoms with Crippen molar-refractivity contribution in [2.24, 2.45) is 0 Å². The van der Waals surface area contributed by atoms with Crippen LogP contribution in [-0.4, -0.2) is 39.5 Å². The van der Waals surface area contributed by atoms with Gasteiger partial charge in [-0.2, -0.15) is 0 Å². The van der Waals surface area contributed by atoms with Crippen LogP contribution in [0, 0.1) is 0 Å². The normalized spacial score (nSPS) is 17.7. The number of rotatable bonds is 4. The fourth-order valence-corrected chi connectivity index (χ4v) is 3.90. The number of ether oxygens (including phenoxy) is 1. The van der Waals surface area contributed by atoms with Gasteiger partial charge in [0.05, 0.1) is 11.0 Å². The number of imidazole rings is 1. The van der Waals surface area contributed by atoms with Crippen LogP contribution in [0.3, 0.4) is 0 Å². The Balaban J connectivity index is 1.48. The van der Waals surface area contributed by atoms with Gasteiger partial charge in [0.1, 0.15) is 11.6 Å². The predicted octanol–water partition coefficient (Wildman–Crippen LogP) is 4.78. The molecule has 0 aliphatic carbocycles. The van der Waals surface area contributed by atoms with E-state index in [2.05, 4.69) is 4.98 Å². The monoisotopic (exact) mass is 397 g/mol. The maximum Gasteiger partial charge on any atom is 0.266 e. The average Bonchev–Trinajstić information content (AvgIpc) is 3.13. The molecule has 0 bridgehead atoms. The van der Waals surface area contributed by atoms with Gasteiger partial charge in [-0.05, 0) is 63.1 Å². The first-order valence-electron chi connectivity index (χ1n) is 9.61. The third-order valence-corrected chi connectivity index (χ3v) is 5.46. The Kier molecular flexibility index (Phi) is 5.02. The number of fused-ring (bicyclic) bond motifs is 1. The topological polar surface area (TPSA) is 58.2 Å². The number of nitrogens with zero attached hydrogens (tertiary/aromatic N) is 2. The molecule has 1 atom stereocenters. The van der Waals surface area contributed by atoms with E-state index in [0.29, 0.717) is 17.3 Å². The Morgan fingerprint density at radius 2 is 1.96 bits per heavy atom. The van der Waals surface area contributed by atoms with E-state index in [9.17, 15) is 4.79 Å². The molecule has 1 unspecified atom stereocenters. The zero-order chi connectivity index (χ0) is 19.7. The molecule has 5 nitrogen and oxygen atoms in total. The molecule has 1 aliphatic rings. The lowest BCUT2D eigenvalue weighted by Crippen LogP contribution is -2.51. The molecule has 4 rings (SSSR count). The Morgan fingerprint density at radius 3 is 2.71 bits per heavy atom. The standard InChI is InChI=1S/C22H24ClN3O2/c1-22(2,28-17-11-9-16(23)10-12-17)21(27)26-13-5-6-15(14-26)20-24-18-7-3-4-8-19(18)25-20/h3-4,7-12,15H,5-6,13-14H2,1-2H3,(H,24,25). The third kappa shape index (κ3) is 3.85. The van der Waals surface area contributed by atoms with Gasteiger partial charge in [0, 0.05) is 24.0 Å². The highest BCUT2D eigenvalue weighted by Gasteiger charge is 2.37. The van der Waals surface area contributed by atoms with Gasteiger partial charge in [0.15, 0.2) is 5.60 Å². The molecule has 28 heavy (non-hydrogen) atoms. The fourth-order valence-electron chi connectivity index (χ4n) is 3.77. The maximum atomic E-state index is 13.2. The minimum Gasteiger partial charge on any atom is -0.478 e. The summed E-state index contributed by atoms with van der Waals surface area (Å²) in [6.07, 6.45) is 1.96. The molecule has 1 amide bonds. The summed E-state index contributed by atoms with van der Waals surface area (Å²) in [7, 11) is 0. The highest BCUT2D eigenvalue weighted by molar-refractivity contribution is 6.30. The molecular formula is C22H24ClN3O2. The van der Waals surface area contributed by atoms with Crippen LogP contribution in [0.2, 0.25) is 5.02 Å². The number of likely N-dealkylation sites (tertiary alicyclic amines) is 1. The molecule has 1 aromatic heterocycles. The van der Waals surface area contributed by atoms with Crippen molar-refractivity contribution in [2.75, 3.05) is 13.1 Å². The van der Waals surface area contributed by atoms with E-state index in [1.165, 1.54) is 0 Å². The quantitative estimate of drug-likeness (QED) is 0.689. The van der Waals surface area contributed by atoms with Crippen molar-refractivity contribution >= 4 is 28.5 Å². The van der Waals surface area contributed by atoms with Gasteiger partial charge in [0.25, 0.3) is 5.91 Å². The number of aromatic amines is 1. The van der Waals surface area contributed by atoms with Crippen LogP contribution < -0.4 is 4.74 Å². The number of halogens is 1. The van der Waals surface area contributed by atoms with Crippen molar-refractivity contribution in [1.29, 1.82) is 0 Å². The van der Waals surface area contributed by atoms with Gasteiger partial charge in [-0.1, -0.05) is 23.7 Å². The summed E-state index contributed by atoms with van der Waals surface area (Å²) >= 11 is 5.93. The first-order valence-corrected chi connectivity index (χ1v) is 9.99. The molecule has 1 fully saturated rings. The van der Waals surface area contributed by atoms with Gasteiger partial charge in [-0.3, -0.25) is 4.79 Å². The number of carbonyl (C=O) groups is 1. The van der Waals surface area contributed by atoms with Gasteiger partial charge < -0.3 is 14.6 Å². The predicted molar refractivity (Wildman–Crippen MR) is 111 cm³/mol. The first kappa shape index (κ1) is 18.8. The number of amides is 1. The molecule has 0 radical (unpaired) electrons. The third-order valence-electron chi connectivity index (χ3n) is 5.20. The fraction of sp³-hybridized carbons (Fsp3) is 0.364. The SMILES string of the molecule is CC(C)(Oc1ccc(Cl)cc1)C(=O)N1CCCC(c2nc3ccccc3[nH]2)C1. The highest BCUT2D eigenvalue weighted by Crippen LogP contribution is 2.29. The minimum atomic E-state index is -0.955. The number of nitrogens with one attached hydrogen (secondary N) is 1. The first-order chi connectivity index (χ1) is 13.4. The zero-order valence-electron chi connectivity index (χ0n) is 16.1. The average molecular weight is 398 g/mol. The highest BCUT2D eigenvalue weighted by atomic mass is 35.5. The van der Waals surface area contributed by atoms with Crippen molar-refractivity contribution in [3.05, 3.63) is 59.4 Å². The summed E-state index contributed by atoms with van der Waals surface area (Å²) in [5.41, 5.74) is 1.04. The van der Waals surface area contributed by atoms with E-state index in [1.807, 2.05) is 43.0 Å². The second-order valence-corrected chi connectivity index (χ2v) is 8.23. The Morgan fingerprint density at radius 1 is 1.21 bits per heavy atom. The Labute approximate surface area is 169 Å². The second-order valence-electron chi connectivity index (χ2n) is 7.80. The van der Waals surface area contributed by atoms with Gasteiger partial charge >= 0.3 is 0 Å². The lowest BCUT2D eigenvalue weighted by molar-refractivity contribution is -0.146. The van der Waals surface area contributed by atoms with Gasteiger partial charge in [-0.25, -0.2) is 4.98 Å². The molecule has 146 valence electrons. The number of carbonyl (C=O) groups excluding carboxylic acids is 1. The summed E-state index contributed by atoms with van der Waals surface area (Å²) in [4.78, 5) is 23.2. The van der Waals surface area contributed by atoms with E-state index < -0.39 is 5.60 Å². The van der Waals surface area contributed by atoms with Crippen LogP contribution >= 0.6 is 11.6 Å². The molecule has 1 aliphatic heterocycles. The number of benzene rings is 2. The Hall–Kier alpha value is -2.53. The second kappa shape index (κ2) is 7.47. The van der Waals surface area contributed by atoms with Crippen molar-refractivity contribution in [1.82, 2.24) is 14.9 Å². The number of hydrogen-bond donors (Lipinski definition) is 1. The van der Waals surface area contributed by atoms with Crippen LogP contribution in [-0.2, 0) is 4.79 Å². The molecule has 1 N–H and O–H groups in total. The molecule has 3 aromatic rings. The summed E-state index contributed by atoms with van der Waals surface area (Å²) in [5.74, 6) is 1.78. The Bertz CT molecular complexity index is 948. The van der Waals surface area contributed by atoms with Crippen molar-refractivity contribution in [3.8, 4) is 5.75 Å². The summed E-state index contributed by atoms with van der Waals surface area (Å²) in [6, 6.07) is 15.1. The number of H-pyrrole nitrogens is 1. The van der Waals surface area contributed by atoms with Crippen molar-refractivity contribution in [3.63, 3.8) is 0 Å². The number of hydrogen-bond acceptors (Lipinski definition) is 3. The number of piperidine rings is 1. The molecule has 2 heterocycles. The van der Waals surface area contributed by atoms with E-state index in [4.69, 9.17) is 21.3 Å². The smallest absolute Gasteiger partial charge is 0.266 e. The van der Waals surface area contributed by atoms with E-state index >= 15 is 0 Å². The van der Waals surface area contributed by atoms with Crippen LogP contribution in [0.4, 0.5) is 0 Å². The lowest BCUT2D eigenvalue weighted by atomic mass is 9.95. The van der Waals surface area contributed by atoms with Crippen LogP contribution in [0.15, 0.2) is 48.5 Å².